The van der Waals surface area contributed by atoms with Crippen LogP contribution in [0.4, 0.5) is 52.7 Å². The van der Waals surface area contributed by atoms with Crippen LogP contribution in [0.2, 0.25) is 15.1 Å². The van der Waals surface area contributed by atoms with Gasteiger partial charge in [-0.05, 0) is 241 Å². The molecule has 3 saturated carbocycles. The van der Waals surface area contributed by atoms with Gasteiger partial charge in [0.1, 0.15) is 11.2 Å². The molecule has 9 aliphatic carbocycles. The molecule has 3 saturated heterocycles. The first-order valence-electron chi connectivity index (χ1n) is 47.2. The van der Waals surface area contributed by atoms with Gasteiger partial charge in [0.15, 0.2) is 5.78 Å². The summed E-state index contributed by atoms with van der Waals surface area (Å²) in [4.78, 5) is 145. The predicted octanol–water partition coefficient (Wildman–Crippen LogP) is 14.6. The average molecular weight is 2060 g/mol. The van der Waals surface area contributed by atoms with Crippen LogP contribution >= 0.6 is 34.8 Å². The Labute approximate surface area is 851 Å². The first kappa shape index (κ1) is 110. The summed E-state index contributed by atoms with van der Waals surface area (Å²) in [6.07, 6.45) is -7.14. The summed E-state index contributed by atoms with van der Waals surface area (Å²) in [6.45, 7) is 12.7. The number of aliphatic hydroxyl groups excluding tert-OH is 2. The third kappa shape index (κ3) is 22.9. The van der Waals surface area contributed by atoms with Crippen LogP contribution in [0.5, 0.6) is 0 Å². The number of rotatable bonds is 15. The van der Waals surface area contributed by atoms with Crippen molar-refractivity contribution >= 4 is 125 Å². The second-order valence-electron chi connectivity index (χ2n) is 40.7. The van der Waals surface area contributed by atoms with E-state index in [4.69, 9.17) is 59.3 Å². The third-order valence-electron chi connectivity index (χ3n) is 28.9. The summed E-state index contributed by atoms with van der Waals surface area (Å²) in [6, 6.07) is 12.4. The number of hydrogen-bond donors (Lipinski definition) is 3. The molecule has 25 nitrogen and oxygen atoms in total. The molecule has 3 amide bonds. The number of carbonyl (C=O) groups excluding carboxylic acids is 10. The van der Waals surface area contributed by atoms with Gasteiger partial charge < -0.3 is 40.9 Å². The van der Waals surface area contributed by atoms with Crippen LogP contribution in [0.25, 0.3) is 16.7 Å². The van der Waals surface area contributed by atoms with Crippen molar-refractivity contribution in [2.45, 2.75) is 279 Å². The zero-order valence-corrected chi connectivity index (χ0v) is 83.6. The minimum absolute atomic E-state index is 0. The van der Waals surface area contributed by atoms with Gasteiger partial charge in [-0.3, -0.25) is 52.7 Å². The number of carbonyl (C=O) groups is 11. The molecule has 6 aromatic rings. The van der Waals surface area contributed by atoms with Crippen LogP contribution in [0.1, 0.15) is 276 Å². The normalized spacial score (nSPS) is 23.1. The quantitative estimate of drug-likeness (QED) is 0.0372. The molecule has 3 N–H and O–H groups in total. The first-order valence-corrected chi connectivity index (χ1v) is 48.4. The van der Waals surface area contributed by atoms with Gasteiger partial charge in [0.2, 0.25) is 24.0 Å². The molecule has 6 heterocycles. The molecule has 3 aliphatic heterocycles. The fourth-order valence-electron chi connectivity index (χ4n) is 21.0. The van der Waals surface area contributed by atoms with Crippen molar-refractivity contribution < 1.29 is 161 Å². The Bertz CT molecular complexity index is 6060. The van der Waals surface area contributed by atoms with Gasteiger partial charge in [0.05, 0.1) is 119 Å². The van der Waals surface area contributed by atoms with Crippen molar-refractivity contribution in [2.75, 3.05) is 39.3 Å². The molecule has 759 valence electrons. The van der Waals surface area contributed by atoms with Crippen LogP contribution in [0.3, 0.4) is 0 Å². The van der Waals surface area contributed by atoms with Gasteiger partial charge in [-0.2, -0.15) is 82.0 Å². The van der Waals surface area contributed by atoms with Crippen molar-refractivity contribution in [3.63, 3.8) is 0 Å². The molecule has 6 fully saturated rings. The van der Waals surface area contributed by atoms with Crippen LogP contribution < -0.4 is 29.6 Å². The summed E-state index contributed by atoms with van der Waals surface area (Å²) in [5.74, 6) is -6.81. The number of likely N-dealkylation sites (tertiary alicyclic amines) is 3. The number of amides is 3. The Balaban J connectivity index is 0.000000184. The van der Waals surface area contributed by atoms with E-state index in [1.807, 2.05) is 59.8 Å². The number of aliphatic carboxylic acids is 1. The molecule has 3 aromatic heterocycles. The standard InChI is InChI=1S/C34H39ClF3N3O5.C34H37ClF3N3O5.C30H31ClF3N3O5.C2HF3O.B.Na.H/c2*1-32(2,3)46-31(45)20-9-7-19(8-10-20)28-23-12-11-21(29(43)40-16-13-22(42)18-40)17-26(23)41(39-28)30(44)27-24(5-4-6-25(27)35)33(14-15-33)34(36,37)38;31-22-3-1-2-21(29(11-12-29)30(32,33)34)24(22)27(40)37-23-14-18(26(39)36-13-10-19(38)15-36)8-9-20(23)25(35-37)16-4-6-17(7-5-16)28(41)42;3-2(4,5)1-6;;;/h4-7,20-22,42H,8-18H2,1-3H3;4-7,20-21H,8-18H2,1-3H3;1-4,17-19,38H,5-15H2,(H,41,42);1H;;;/q;;;;;+1;-1. The number of alkyl halides is 12. The van der Waals surface area contributed by atoms with Crippen molar-refractivity contribution in [1.29, 1.82) is 0 Å². The molecule has 0 bridgehead atoms. The number of aromatic nitrogens is 6. The number of allylic oxidation sites excluding steroid dienone is 6. The number of hydrogen-bond acceptors (Lipinski definition) is 18. The summed E-state index contributed by atoms with van der Waals surface area (Å²) in [5, 5.41) is 43.2. The van der Waals surface area contributed by atoms with E-state index in [2.05, 4.69) is 5.10 Å². The molecule has 18 rings (SSSR count). The molecule has 0 spiro atoms. The van der Waals surface area contributed by atoms with Gasteiger partial charge in [-0.1, -0.05) is 89.4 Å². The van der Waals surface area contributed by atoms with E-state index in [1.165, 1.54) is 64.2 Å². The number of aldehydes is 1. The number of ketones is 1. The zero-order chi connectivity index (χ0) is 102. The van der Waals surface area contributed by atoms with Gasteiger partial charge in [-0.25, -0.2) is 0 Å². The van der Waals surface area contributed by atoms with Crippen LogP contribution in [0, 0.1) is 35.5 Å². The van der Waals surface area contributed by atoms with Gasteiger partial charge in [0, 0.05) is 101 Å². The van der Waals surface area contributed by atoms with Crippen molar-refractivity contribution in [2.24, 2.45) is 35.5 Å². The Morgan fingerprint density at radius 3 is 0.951 bits per heavy atom. The van der Waals surface area contributed by atoms with E-state index >= 15 is 0 Å². The molecular formula is C100H109BCl3F12N9NaO16. The Morgan fingerprint density at radius 2 is 0.718 bits per heavy atom. The molecule has 3 radical (unpaired) electrons. The maximum absolute atomic E-state index is 14.3. The zero-order valence-electron chi connectivity index (χ0n) is 80.4. The van der Waals surface area contributed by atoms with Gasteiger partial charge in [0.25, 0.3) is 17.7 Å². The number of halogens is 15. The minimum atomic E-state index is -4.64. The van der Waals surface area contributed by atoms with E-state index in [0.29, 0.717) is 169 Å². The Kier molecular flexibility index (Phi) is 32.7. The Morgan fingerprint density at radius 1 is 0.430 bits per heavy atom. The number of esters is 2. The second-order valence-corrected chi connectivity index (χ2v) is 41.9. The van der Waals surface area contributed by atoms with E-state index in [1.54, 1.807) is 9.80 Å². The minimum Gasteiger partial charge on any atom is -1.00 e. The van der Waals surface area contributed by atoms with Crippen LogP contribution in [0.15, 0.2) is 72.8 Å². The average Bonchev–Trinajstić information content (AvgIpc) is 1.57. The Hall–Kier alpha value is -9.31. The van der Waals surface area contributed by atoms with Crippen molar-refractivity contribution in [3.05, 3.63) is 172 Å². The van der Waals surface area contributed by atoms with E-state index in [-0.39, 0.29) is 213 Å². The van der Waals surface area contributed by atoms with E-state index in [9.17, 15) is 116 Å². The summed E-state index contributed by atoms with van der Waals surface area (Å²) >= 11 is 19.4. The van der Waals surface area contributed by atoms with E-state index < -0.39 is 118 Å². The number of carboxylic acid groups (broad SMARTS) is 1. The first-order chi connectivity index (χ1) is 65.7. The molecule has 8 unspecified atom stereocenters. The van der Waals surface area contributed by atoms with Crippen molar-refractivity contribution in [3.8, 4) is 0 Å². The molecule has 8 atom stereocenters. The number of nitrogens with zero attached hydrogens (tertiary/aromatic N) is 9. The second kappa shape index (κ2) is 42.3. The van der Waals surface area contributed by atoms with E-state index in [0.717, 1.165) is 42.8 Å². The number of benzene rings is 3. The van der Waals surface area contributed by atoms with Crippen LogP contribution in [-0.4, -0.2) is 221 Å². The van der Waals surface area contributed by atoms with Gasteiger partial charge in [-0.15, -0.1) is 0 Å². The number of carboxylic acids is 1. The molecule has 142 heavy (non-hydrogen) atoms. The number of β-amino-alcohol motifs (C(OH)–C–C–N with tert-alkyl or cyclic N) is 2. The van der Waals surface area contributed by atoms with Crippen LogP contribution in [-0.2, 0) is 103 Å². The maximum atomic E-state index is 14.3. The topological polar surface area (TPSA) is 330 Å². The number of fused-ring (bicyclic) bond motifs is 3. The largest absolute Gasteiger partial charge is 1.00 e. The number of Topliss-reactive ketones (excluding diaryl/α,β-unsaturated/α-hetero) is 1. The van der Waals surface area contributed by atoms with Gasteiger partial charge >= 0.3 is 72.2 Å². The smallest absolute Gasteiger partial charge is 1.00 e. The molecular weight excluding hydrogens is 1950 g/mol. The summed E-state index contributed by atoms with van der Waals surface area (Å²) < 4.78 is 174. The van der Waals surface area contributed by atoms with Crippen molar-refractivity contribution in [1.82, 2.24) is 44.0 Å². The fraction of sp³-hybridized carbons (Fsp3) is 0.560. The summed E-state index contributed by atoms with van der Waals surface area (Å²) in [7, 11) is 0. The molecule has 3 aromatic carbocycles. The monoisotopic (exact) mass is 2060 g/mol. The molecule has 42 heteroatoms. The number of aliphatic hydroxyl groups is 2. The SMILES string of the molecule is CC(C)(C)OC(=O)C1CC=C(c2nn(C(=O)c3c(Cl)cccc3C3(C(F)(F)F)CC3)c3c2CCC(C(=O)N2CCC(=O)C2)C3)CC1.CC(C)(C)OC(=O)C1CC=C(c2nn(C(=O)c3c(Cl)cccc3C3(C(F)(F)F)CC3)c3c2CCC(C(=O)N2CCC(O)C2)C3)CC1.O=C(O)C1CC=C(c2nn(C(=O)c3c(Cl)cccc3C3(C(F)(F)F)CC3)c3c2CCC(C(=O)N2CCC(O)C2)C3)CC1.O=CC(F)(F)F.[B].[H-].[Na+]. The number of ether oxygens (including phenoxy) is 2. The third-order valence-corrected chi connectivity index (χ3v) is 29.9. The maximum Gasteiger partial charge on any atom is 1.00 e. The fourth-order valence-corrected chi connectivity index (χ4v) is 21.8. The summed E-state index contributed by atoms with van der Waals surface area (Å²) in [5.41, 5.74) is -1.03. The molecule has 12 aliphatic rings. The predicted molar refractivity (Wildman–Crippen MR) is 493 cm³/mol.